The minimum Gasteiger partial charge on any atom is -0.508 e. The summed E-state index contributed by atoms with van der Waals surface area (Å²) < 4.78 is 14.0. The van der Waals surface area contributed by atoms with E-state index in [1.807, 2.05) is 48.5 Å². The number of aliphatic hydroxyl groups excluding tert-OH is 1. The lowest BCUT2D eigenvalue weighted by atomic mass is 9.93. The van der Waals surface area contributed by atoms with Gasteiger partial charge in [0, 0.05) is 16.5 Å². The molecule has 1 aliphatic rings. The molecule has 4 aromatic carbocycles. The molecule has 0 bridgehead atoms. The third kappa shape index (κ3) is 5.70. The number of halogens is 1. The fourth-order valence-electron chi connectivity index (χ4n) is 4.96. The van der Waals surface area contributed by atoms with E-state index in [1.165, 1.54) is 12.1 Å². The van der Waals surface area contributed by atoms with Gasteiger partial charge in [0.05, 0.1) is 12.1 Å². The first-order chi connectivity index (χ1) is 18.4. The van der Waals surface area contributed by atoms with Crippen LogP contribution in [-0.2, 0) is 0 Å². The molecule has 0 radical (unpaired) electrons. The molecule has 7 heteroatoms. The Hall–Kier alpha value is -3.39. The average Bonchev–Trinajstić information content (AvgIpc) is 3.24. The summed E-state index contributed by atoms with van der Waals surface area (Å²) in [6, 6.07) is 28.2. The number of phenolic OH excluding ortho intramolecular Hbond substituents is 2. The van der Waals surface area contributed by atoms with Crippen molar-refractivity contribution < 1.29 is 19.7 Å². The Balaban J connectivity index is 1.41. The van der Waals surface area contributed by atoms with Gasteiger partial charge in [-0.2, -0.15) is 0 Å². The quantitative estimate of drug-likeness (QED) is 0.197. The lowest BCUT2D eigenvalue weighted by molar-refractivity contribution is 0.163. The predicted molar refractivity (Wildman–Crippen MR) is 156 cm³/mol. The molecule has 0 aromatic heterocycles. The van der Waals surface area contributed by atoms with Crippen molar-refractivity contribution in [2.45, 2.75) is 36.7 Å². The number of thiocarbonyl (C=S) groups is 1. The lowest BCUT2D eigenvalue weighted by Crippen LogP contribution is -2.29. The van der Waals surface area contributed by atoms with Crippen LogP contribution in [-0.4, -0.2) is 24.9 Å². The van der Waals surface area contributed by atoms with Crippen molar-refractivity contribution in [3.05, 3.63) is 114 Å². The summed E-state index contributed by atoms with van der Waals surface area (Å²) in [6.07, 6.45) is 1.37. The Labute approximate surface area is 231 Å². The maximum Gasteiger partial charge on any atom is 0.141 e. The summed E-state index contributed by atoms with van der Waals surface area (Å²) in [5.74, 6) is 0.00993. The van der Waals surface area contributed by atoms with E-state index in [-0.39, 0.29) is 28.6 Å². The van der Waals surface area contributed by atoms with Crippen LogP contribution in [0.1, 0.15) is 42.5 Å². The van der Waals surface area contributed by atoms with Gasteiger partial charge in [-0.05, 0) is 78.4 Å². The number of nitrogens with zero attached hydrogens (tertiary/aromatic N) is 1. The van der Waals surface area contributed by atoms with E-state index in [1.54, 1.807) is 48.2 Å². The third-order valence-electron chi connectivity index (χ3n) is 6.86. The number of rotatable bonds is 8. The van der Waals surface area contributed by atoms with Gasteiger partial charge >= 0.3 is 0 Å². The van der Waals surface area contributed by atoms with Gasteiger partial charge in [-0.1, -0.05) is 78.6 Å². The van der Waals surface area contributed by atoms with E-state index >= 15 is 0 Å². The maximum atomic E-state index is 13.3. The Morgan fingerprint density at radius 1 is 0.868 bits per heavy atom. The first kappa shape index (κ1) is 26.2. The molecule has 4 nitrogen and oxygen atoms in total. The molecule has 3 N–H and O–H groups in total. The highest BCUT2D eigenvalue weighted by Gasteiger charge is 2.41. The van der Waals surface area contributed by atoms with Crippen LogP contribution in [0.3, 0.4) is 0 Å². The van der Waals surface area contributed by atoms with Crippen molar-refractivity contribution in [3.8, 4) is 22.6 Å². The molecule has 0 aliphatic carbocycles. The van der Waals surface area contributed by atoms with Crippen molar-refractivity contribution in [1.29, 1.82) is 0 Å². The van der Waals surface area contributed by atoms with Gasteiger partial charge in [-0.25, -0.2) is 4.39 Å². The summed E-state index contributed by atoms with van der Waals surface area (Å²) in [7, 11) is 0. The van der Waals surface area contributed by atoms with Crippen molar-refractivity contribution in [1.82, 2.24) is 0 Å². The van der Waals surface area contributed by atoms with Gasteiger partial charge < -0.3 is 20.2 Å². The van der Waals surface area contributed by atoms with Crippen LogP contribution in [0.15, 0.2) is 97.1 Å². The van der Waals surface area contributed by atoms with Gasteiger partial charge in [0.2, 0.25) is 0 Å². The molecule has 1 fully saturated rings. The number of phenols is 2. The standard InChI is InChI=1S/C31H28FNO3S2/c32-23-15-12-20(13-16-23)27(35)10-5-11-29-30(33(31(37)38-29)24-7-2-1-3-8-24)26-17-14-22(19-28(26)36)21-6-4-9-25(34)18-21/h1-4,6-9,12-19,27,29-30,34-36H,5,10-11H2. The fraction of sp³-hybridized carbons (Fsp3) is 0.194. The average molecular weight is 546 g/mol. The van der Waals surface area contributed by atoms with Crippen LogP contribution in [0.2, 0.25) is 0 Å². The molecule has 3 unspecified atom stereocenters. The molecule has 5 rings (SSSR count). The first-order valence-electron chi connectivity index (χ1n) is 12.5. The monoisotopic (exact) mass is 545 g/mol. The zero-order valence-electron chi connectivity index (χ0n) is 20.6. The highest BCUT2D eigenvalue weighted by atomic mass is 32.2. The molecule has 0 saturated carbocycles. The van der Waals surface area contributed by atoms with Gasteiger partial charge in [-0.3, -0.25) is 0 Å². The topological polar surface area (TPSA) is 63.9 Å². The smallest absolute Gasteiger partial charge is 0.141 e. The molecule has 4 aromatic rings. The van der Waals surface area contributed by atoms with E-state index < -0.39 is 6.10 Å². The van der Waals surface area contributed by atoms with Crippen molar-refractivity contribution in [3.63, 3.8) is 0 Å². The van der Waals surface area contributed by atoms with E-state index in [0.717, 1.165) is 39.5 Å². The summed E-state index contributed by atoms with van der Waals surface area (Å²) >= 11 is 7.44. The molecule has 3 atom stereocenters. The van der Waals surface area contributed by atoms with E-state index in [4.69, 9.17) is 12.2 Å². The van der Waals surface area contributed by atoms with Crippen LogP contribution in [0.4, 0.5) is 10.1 Å². The molecule has 0 spiro atoms. The summed E-state index contributed by atoms with van der Waals surface area (Å²) in [6.45, 7) is 0. The molecular weight excluding hydrogens is 517 g/mol. The highest BCUT2D eigenvalue weighted by Crippen LogP contribution is 2.49. The van der Waals surface area contributed by atoms with Gasteiger partial charge in [0.25, 0.3) is 0 Å². The second-order valence-electron chi connectivity index (χ2n) is 9.39. The number of aliphatic hydroxyl groups is 1. The van der Waals surface area contributed by atoms with Crippen LogP contribution < -0.4 is 4.90 Å². The predicted octanol–water partition coefficient (Wildman–Crippen LogP) is 7.76. The van der Waals surface area contributed by atoms with Crippen LogP contribution in [0.25, 0.3) is 11.1 Å². The Morgan fingerprint density at radius 3 is 2.32 bits per heavy atom. The first-order valence-corrected chi connectivity index (χ1v) is 13.8. The second-order valence-corrected chi connectivity index (χ2v) is 11.3. The molecule has 0 amide bonds. The van der Waals surface area contributed by atoms with Crippen LogP contribution >= 0.6 is 24.0 Å². The van der Waals surface area contributed by atoms with Crippen molar-refractivity contribution in [2.24, 2.45) is 0 Å². The Kier molecular flexibility index (Phi) is 7.98. The Morgan fingerprint density at radius 2 is 1.61 bits per heavy atom. The van der Waals surface area contributed by atoms with E-state index in [2.05, 4.69) is 4.90 Å². The number of anilines is 1. The SMILES string of the molecule is Oc1cccc(-c2ccc(C3C(CCCC(O)c4ccc(F)cc4)SC(=S)N3c3ccccc3)c(O)c2)c1. The second kappa shape index (κ2) is 11.6. The molecule has 1 saturated heterocycles. The van der Waals surface area contributed by atoms with Gasteiger partial charge in [-0.15, -0.1) is 0 Å². The third-order valence-corrected chi connectivity index (χ3v) is 8.54. The maximum absolute atomic E-state index is 13.3. The Bertz CT molecular complexity index is 1410. The summed E-state index contributed by atoms with van der Waals surface area (Å²) in [5.41, 5.74) is 4.05. The molecule has 194 valence electrons. The van der Waals surface area contributed by atoms with E-state index in [0.29, 0.717) is 12.0 Å². The van der Waals surface area contributed by atoms with Crippen LogP contribution in [0, 0.1) is 5.82 Å². The lowest BCUT2D eigenvalue weighted by Gasteiger charge is -2.30. The zero-order chi connectivity index (χ0) is 26.6. The van der Waals surface area contributed by atoms with E-state index in [9.17, 15) is 19.7 Å². The van der Waals surface area contributed by atoms with Crippen LogP contribution in [0.5, 0.6) is 11.5 Å². The van der Waals surface area contributed by atoms with Crippen molar-refractivity contribution in [2.75, 3.05) is 4.90 Å². The number of benzene rings is 4. The highest BCUT2D eigenvalue weighted by molar-refractivity contribution is 8.24. The minimum atomic E-state index is -0.674. The zero-order valence-corrected chi connectivity index (χ0v) is 22.2. The fourth-order valence-corrected chi connectivity index (χ4v) is 6.83. The summed E-state index contributed by atoms with van der Waals surface area (Å²) in [5, 5.41) is 31.8. The molecule has 1 aliphatic heterocycles. The number of thioether (sulfide) groups is 1. The number of aromatic hydroxyl groups is 2. The number of para-hydroxylation sites is 1. The molecule has 1 heterocycles. The molecule has 38 heavy (non-hydrogen) atoms. The minimum absolute atomic E-state index is 0.0562. The molecular formula is C31H28FNO3S2. The number of hydrogen-bond acceptors (Lipinski definition) is 5. The van der Waals surface area contributed by atoms with Crippen molar-refractivity contribution >= 4 is 34.0 Å². The van der Waals surface area contributed by atoms with Gasteiger partial charge in [0.1, 0.15) is 21.6 Å². The van der Waals surface area contributed by atoms with Gasteiger partial charge in [0.15, 0.2) is 0 Å². The summed E-state index contributed by atoms with van der Waals surface area (Å²) in [4.78, 5) is 2.10. The number of hydrogen-bond donors (Lipinski definition) is 3. The normalized spacial score (nSPS) is 18.1. The largest absolute Gasteiger partial charge is 0.508 e.